The van der Waals surface area contributed by atoms with Gasteiger partial charge < -0.3 is 0 Å². The van der Waals surface area contributed by atoms with Crippen molar-refractivity contribution in [3.05, 3.63) is 18.0 Å². The van der Waals surface area contributed by atoms with Gasteiger partial charge >= 0.3 is 0 Å². The monoisotopic (exact) mass is 206 g/mol. The van der Waals surface area contributed by atoms with Crippen LogP contribution >= 0.6 is 0 Å². The molecule has 1 saturated carbocycles. The average molecular weight is 206 g/mol. The molecule has 1 atom stereocenters. The summed E-state index contributed by atoms with van der Waals surface area (Å²) in [4.78, 5) is 11.5. The maximum Gasteiger partial charge on any atom is 0.133 e. The minimum atomic E-state index is 0.197. The molecule has 1 aromatic heterocycles. The number of ketones is 1. The number of aromatic nitrogens is 2. The van der Waals surface area contributed by atoms with Crippen LogP contribution in [0.5, 0.6) is 0 Å². The van der Waals surface area contributed by atoms with Gasteiger partial charge in [-0.1, -0.05) is 13.8 Å². The molecule has 1 aliphatic carbocycles. The van der Waals surface area contributed by atoms with Crippen LogP contribution in [0.25, 0.3) is 0 Å². The zero-order chi connectivity index (χ0) is 11.1. The molecule has 1 aromatic rings. The Morgan fingerprint density at radius 2 is 2.27 bits per heavy atom. The van der Waals surface area contributed by atoms with Crippen LogP contribution < -0.4 is 0 Å². The second kappa shape index (κ2) is 3.47. The van der Waals surface area contributed by atoms with Crippen LogP contribution in [0.3, 0.4) is 0 Å². The van der Waals surface area contributed by atoms with Crippen molar-refractivity contribution < 1.29 is 4.79 Å². The molecule has 1 heterocycles. The first-order chi connectivity index (χ1) is 6.99. The topological polar surface area (TPSA) is 34.9 Å². The molecule has 1 unspecified atom stereocenters. The molecule has 2 rings (SSSR count). The van der Waals surface area contributed by atoms with Crippen molar-refractivity contribution in [3.63, 3.8) is 0 Å². The van der Waals surface area contributed by atoms with E-state index < -0.39 is 0 Å². The van der Waals surface area contributed by atoms with Crippen LogP contribution in [-0.2, 0) is 11.8 Å². The highest BCUT2D eigenvalue weighted by molar-refractivity contribution is 5.80. The number of hydrogen-bond acceptors (Lipinski definition) is 2. The molecule has 0 N–H and O–H groups in total. The molecule has 0 aromatic carbocycles. The second-order valence-corrected chi connectivity index (χ2v) is 5.20. The maximum absolute atomic E-state index is 11.5. The van der Waals surface area contributed by atoms with Gasteiger partial charge in [-0.25, -0.2) is 0 Å². The first-order valence-corrected chi connectivity index (χ1v) is 5.50. The molecular formula is C12H18N2O. The summed E-state index contributed by atoms with van der Waals surface area (Å²) in [6, 6.07) is 2.03. The molecule has 0 saturated heterocycles. The molecule has 15 heavy (non-hydrogen) atoms. The Kier molecular flexibility index (Phi) is 2.41. The lowest BCUT2D eigenvalue weighted by atomic mass is 9.67. The first kappa shape index (κ1) is 10.4. The van der Waals surface area contributed by atoms with Gasteiger partial charge in [-0.05, 0) is 17.9 Å². The summed E-state index contributed by atoms with van der Waals surface area (Å²) in [5.41, 5.74) is 1.26. The number of rotatable bonds is 1. The SMILES string of the molecule is Cn1ccc(C2CC(=O)CCC2(C)C)n1. The smallest absolute Gasteiger partial charge is 0.133 e. The lowest BCUT2D eigenvalue weighted by Gasteiger charge is -2.36. The summed E-state index contributed by atoms with van der Waals surface area (Å²) in [5.74, 6) is 0.671. The van der Waals surface area contributed by atoms with Gasteiger partial charge in [0.05, 0.1) is 5.69 Å². The minimum absolute atomic E-state index is 0.197. The van der Waals surface area contributed by atoms with Crippen molar-refractivity contribution in [2.75, 3.05) is 0 Å². The van der Waals surface area contributed by atoms with E-state index in [0.29, 0.717) is 18.1 Å². The van der Waals surface area contributed by atoms with E-state index in [1.165, 1.54) is 0 Å². The molecule has 0 spiro atoms. The Labute approximate surface area is 90.5 Å². The third-order valence-corrected chi connectivity index (χ3v) is 3.51. The number of carbonyl (C=O) groups is 1. The molecule has 3 nitrogen and oxygen atoms in total. The van der Waals surface area contributed by atoms with Crippen molar-refractivity contribution >= 4 is 5.78 Å². The summed E-state index contributed by atoms with van der Waals surface area (Å²) in [7, 11) is 1.92. The maximum atomic E-state index is 11.5. The Hall–Kier alpha value is -1.12. The normalized spacial score (nSPS) is 25.5. The summed E-state index contributed by atoms with van der Waals surface area (Å²) >= 11 is 0. The number of carbonyl (C=O) groups excluding carboxylic acids is 1. The third kappa shape index (κ3) is 1.96. The fourth-order valence-corrected chi connectivity index (χ4v) is 2.37. The van der Waals surface area contributed by atoms with Gasteiger partial charge in [0.2, 0.25) is 0 Å². The Morgan fingerprint density at radius 3 is 2.87 bits per heavy atom. The van der Waals surface area contributed by atoms with Crippen molar-refractivity contribution in [2.45, 2.75) is 39.0 Å². The van der Waals surface area contributed by atoms with Crippen LogP contribution in [0.15, 0.2) is 12.3 Å². The molecular weight excluding hydrogens is 188 g/mol. The summed E-state index contributed by atoms with van der Waals surface area (Å²) in [5, 5.41) is 4.43. The average Bonchev–Trinajstić information content (AvgIpc) is 2.56. The second-order valence-electron chi connectivity index (χ2n) is 5.20. The van der Waals surface area contributed by atoms with Crippen molar-refractivity contribution in [1.82, 2.24) is 9.78 Å². The largest absolute Gasteiger partial charge is 0.300 e. The third-order valence-electron chi connectivity index (χ3n) is 3.51. The lowest BCUT2D eigenvalue weighted by Crippen LogP contribution is -2.30. The summed E-state index contributed by atoms with van der Waals surface area (Å²) < 4.78 is 1.81. The fourth-order valence-electron chi connectivity index (χ4n) is 2.37. The van der Waals surface area contributed by atoms with E-state index in [2.05, 4.69) is 18.9 Å². The zero-order valence-corrected chi connectivity index (χ0v) is 9.66. The van der Waals surface area contributed by atoms with Gasteiger partial charge in [-0.3, -0.25) is 9.48 Å². The van der Waals surface area contributed by atoms with Gasteiger partial charge in [0.1, 0.15) is 5.78 Å². The van der Waals surface area contributed by atoms with Crippen LogP contribution in [0, 0.1) is 5.41 Å². The highest BCUT2D eigenvalue weighted by atomic mass is 16.1. The molecule has 1 fully saturated rings. The quantitative estimate of drug-likeness (QED) is 0.706. The van der Waals surface area contributed by atoms with E-state index in [4.69, 9.17) is 0 Å². The first-order valence-electron chi connectivity index (χ1n) is 5.50. The van der Waals surface area contributed by atoms with E-state index in [0.717, 1.165) is 18.5 Å². The van der Waals surface area contributed by atoms with Crippen molar-refractivity contribution in [3.8, 4) is 0 Å². The van der Waals surface area contributed by atoms with E-state index in [-0.39, 0.29) is 5.41 Å². The summed E-state index contributed by atoms with van der Waals surface area (Å²) in [6.45, 7) is 4.47. The Balaban J connectivity index is 2.29. The van der Waals surface area contributed by atoms with Gasteiger partial charge in [0.15, 0.2) is 0 Å². The zero-order valence-electron chi connectivity index (χ0n) is 9.66. The number of Topliss-reactive ketones (excluding diaryl/α,β-unsaturated/α-hetero) is 1. The van der Waals surface area contributed by atoms with E-state index in [1.54, 1.807) is 0 Å². The highest BCUT2D eigenvalue weighted by Gasteiger charge is 2.37. The van der Waals surface area contributed by atoms with E-state index in [1.807, 2.05) is 24.0 Å². The number of aryl methyl sites for hydroxylation is 1. The molecule has 0 radical (unpaired) electrons. The van der Waals surface area contributed by atoms with Crippen LogP contribution in [-0.4, -0.2) is 15.6 Å². The van der Waals surface area contributed by atoms with E-state index in [9.17, 15) is 4.79 Å². The van der Waals surface area contributed by atoms with Crippen LogP contribution in [0.1, 0.15) is 44.7 Å². The van der Waals surface area contributed by atoms with E-state index >= 15 is 0 Å². The van der Waals surface area contributed by atoms with Gasteiger partial charge in [0, 0.05) is 32.0 Å². The molecule has 82 valence electrons. The summed E-state index contributed by atoms with van der Waals surface area (Å²) in [6.07, 6.45) is 4.32. The predicted molar refractivity (Wildman–Crippen MR) is 58.6 cm³/mol. The lowest BCUT2D eigenvalue weighted by molar-refractivity contribution is -0.122. The number of nitrogens with zero attached hydrogens (tertiary/aromatic N) is 2. The minimum Gasteiger partial charge on any atom is -0.300 e. The molecule has 0 aliphatic heterocycles. The van der Waals surface area contributed by atoms with Crippen molar-refractivity contribution in [1.29, 1.82) is 0 Å². The van der Waals surface area contributed by atoms with Gasteiger partial charge in [-0.15, -0.1) is 0 Å². The van der Waals surface area contributed by atoms with Gasteiger partial charge in [0.25, 0.3) is 0 Å². The van der Waals surface area contributed by atoms with Crippen molar-refractivity contribution in [2.24, 2.45) is 12.5 Å². The predicted octanol–water partition coefficient (Wildman–Crippen LogP) is 2.28. The van der Waals surface area contributed by atoms with Crippen LogP contribution in [0.4, 0.5) is 0 Å². The fraction of sp³-hybridized carbons (Fsp3) is 0.667. The Bertz CT molecular complexity index is 379. The molecule has 3 heteroatoms. The van der Waals surface area contributed by atoms with Crippen LogP contribution in [0.2, 0.25) is 0 Å². The molecule has 0 bridgehead atoms. The highest BCUT2D eigenvalue weighted by Crippen LogP contribution is 2.44. The molecule has 0 amide bonds. The number of hydrogen-bond donors (Lipinski definition) is 0. The van der Waals surface area contributed by atoms with Gasteiger partial charge in [-0.2, -0.15) is 5.10 Å². The Morgan fingerprint density at radius 1 is 1.53 bits per heavy atom. The standard InChI is InChI=1S/C12H18N2O/c1-12(2)6-4-9(15)8-10(12)11-5-7-14(3)13-11/h5,7,10H,4,6,8H2,1-3H3. The molecule has 1 aliphatic rings.